The van der Waals surface area contributed by atoms with Crippen LogP contribution in [0.2, 0.25) is 0 Å². The molecule has 1 aromatic heterocycles. The van der Waals surface area contributed by atoms with Gasteiger partial charge in [-0.3, -0.25) is 9.48 Å². The lowest BCUT2D eigenvalue weighted by Gasteiger charge is -2.13. The first-order valence-electron chi connectivity index (χ1n) is 5.54. The SMILES string of the molecule is Cc1c(C(C)NC(=O)CCCN)cnn1C. The standard InChI is InChI=1S/C11H20N4O/c1-8(14-11(16)5-4-6-12)10-7-13-15(3)9(10)2/h7-8H,4-6,12H2,1-3H3,(H,14,16). The van der Waals surface area contributed by atoms with E-state index in [4.69, 9.17) is 5.73 Å². The topological polar surface area (TPSA) is 72.9 Å². The molecule has 0 saturated heterocycles. The smallest absolute Gasteiger partial charge is 0.220 e. The first-order chi connectivity index (χ1) is 7.56. The van der Waals surface area contributed by atoms with Gasteiger partial charge in [-0.15, -0.1) is 0 Å². The number of carbonyl (C=O) groups is 1. The van der Waals surface area contributed by atoms with Crippen molar-refractivity contribution in [2.45, 2.75) is 32.7 Å². The normalized spacial score (nSPS) is 12.5. The molecule has 1 atom stereocenters. The van der Waals surface area contributed by atoms with E-state index in [0.29, 0.717) is 13.0 Å². The number of rotatable bonds is 5. The highest BCUT2D eigenvalue weighted by Crippen LogP contribution is 2.15. The van der Waals surface area contributed by atoms with Crippen LogP contribution in [0.25, 0.3) is 0 Å². The second-order valence-corrected chi connectivity index (χ2v) is 3.99. The number of amides is 1. The summed E-state index contributed by atoms with van der Waals surface area (Å²) >= 11 is 0. The maximum atomic E-state index is 11.5. The second-order valence-electron chi connectivity index (χ2n) is 3.99. The van der Waals surface area contributed by atoms with Gasteiger partial charge in [-0.1, -0.05) is 0 Å². The Morgan fingerprint density at radius 1 is 1.69 bits per heavy atom. The summed E-state index contributed by atoms with van der Waals surface area (Å²) in [5, 5.41) is 7.09. The molecule has 16 heavy (non-hydrogen) atoms. The lowest BCUT2D eigenvalue weighted by molar-refractivity contribution is -0.121. The molecule has 5 nitrogen and oxygen atoms in total. The minimum absolute atomic E-state index is 0.000950. The predicted molar refractivity (Wildman–Crippen MR) is 62.8 cm³/mol. The molecule has 0 spiro atoms. The molecule has 0 fully saturated rings. The number of carbonyl (C=O) groups excluding carboxylic acids is 1. The van der Waals surface area contributed by atoms with E-state index in [0.717, 1.165) is 17.7 Å². The highest BCUT2D eigenvalue weighted by molar-refractivity contribution is 5.76. The minimum atomic E-state index is -0.000950. The third kappa shape index (κ3) is 3.06. The van der Waals surface area contributed by atoms with E-state index in [1.165, 1.54) is 0 Å². The number of nitrogens with zero attached hydrogens (tertiary/aromatic N) is 2. The third-order valence-corrected chi connectivity index (χ3v) is 2.73. The lowest BCUT2D eigenvalue weighted by atomic mass is 10.1. The van der Waals surface area contributed by atoms with E-state index >= 15 is 0 Å². The molecule has 0 saturated carbocycles. The maximum Gasteiger partial charge on any atom is 0.220 e. The van der Waals surface area contributed by atoms with Gasteiger partial charge >= 0.3 is 0 Å². The highest BCUT2D eigenvalue weighted by Gasteiger charge is 2.13. The Bertz CT molecular complexity index is 359. The molecule has 0 radical (unpaired) electrons. The Hall–Kier alpha value is -1.36. The van der Waals surface area contributed by atoms with Crippen LogP contribution in [-0.4, -0.2) is 22.2 Å². The second kappa shape index (κ2) is 5.65. The molecular weight excluding hydrogens is 204 g/mol. The van der Waals surface area contributed by atoms with Crippen LogP contribution in [0.4, 0.5) is 0 Å². The zero-order valence-corrected chi connectivity index (χ0v) is 10.2. The average molecular weight is 224 g/mol. The van der Waals surface area contributed by atoms with E-state index in [-0.39, 0.29) is 11.9 Å². The van der Waals surface area contributed by atoms with Crippen molar-refractivity contribution >= 4 is 5.91 Å². The van der Waals surface area contributed by atoms with E-state index in [2.05, 4.69) is 10.4 Å². The first-order valence-corrected chi connectivity index (χ1v) is 5.54. The molecule has 0 aromatic carbocycles. The molecule has 0 aliphatic heterocycles. The van der Waals surface area contributed by atoms with Gasteiger partial charge in [0.15, 0.2) is 0 Å². The van der Waals surface area contributed by atoms with Crippen molar-refractivity contribution in [3.8, 4) is 0 Å². The van der Waals surface area contributed by atoms with Gasteiger partial charge in [0.05, 0.1) is 12.2 Å². The molecule has 1 aromatic rings. The third-order valence-electron chi connectivity index (χ3n) is 2.73. The van der Waals surface area contributed by atoms with Crippen molar-refractivity contribution in [1.82, 2.24) is 15.1 Å². The van der Waals surface area contributed by atoms with Gasteiger partial charge in [-0.05, 0) is 26.8 Å². The number of nitrogens with one attached hydrogen (secondary N) is 1. The Morgan fingerprint density at radius 3 is 2.88 bits per heavy atom. The van der Waals surface area contributed by atoms with Gasteiger partial charge < -0.3 is 11.1 Å². The van der Waals surface area contributed by atoms with Gasteiger partial charge in [-0.25, -0.2) is 0 Å². The van der Waals surface area contributed by atoms with Gasteiger partial charge in [-0.2, -0.15) is 5.10 Å². The molecule has 3 N–H and O–H groups in total. The summed E-state index contributed by atoms with van der Waals surface area (Å²) in [7, 11) is 1.89. The lowest BCUT2D eigenvalue weighted by Crippen LogP contribution is -2.27. The van der Waals surface area contributed by atoms with Crippen LogP contribution in [0.3, 0.4) is 0 Å². The maximum absolute atomic E-state index is 11.5. The van der Waals surface area contributed by atoms with Crippen molar-refractivity contribution in [3.63, 3.8) is 0 Å². The fourth-order valence-corrected chi connectivity index (χ4v) is 1.59. The summed E-state index contributed by atoms with van der Waals surface area (Å²) in [6.45, 7) is 4.50. The number of hydrogen-bond donors (Lipinski definition) is 2. The molecular formula is C11H20N4O. The Morgan fingerprint density at radius 2 is 2.38 bits per heavy atom. The van der Waals surface area contributed by atoms with Crippen LogP contribution in [0.1, 0.15) is 37.1 Å². The van der Waals surface area contributed by atoms with Crippen molar-refractivity contribution < 1.29 is 4.79 Å². The van der Waals surface area contributed by atoms with Crippen LogP contribution < -0.4 is 11.1 Å². The quantitative estimate of drug-likeness (QED) is 0.771. The van der Waals surface area contributed by atoms with Crippen molar-refractivity contribution in [2.24, 2.45) is 12.8 Å². The van der Waals surface area contributed by atoms with Gasteiger partial charge in [0, 0.05) is 24.7 Å². The van der Waals surface area contributed by atoms with Gasteiger partial charge in [0.25, 0.3) is 0 Å². The van der Waals surface area contributed by atoms with Crippen LogP contribution >= 0.6 is 0 Å². The molecule has 1 amide bonds. The molecule has 0 aliphatic rings. The monoisotopic (exact) mass is 224 g/mol. The fourth-order valence-electron chi connectivity index (χ4n) is 1.59. The molecule has 1 unspecified atom stereocenters. The Labute approximate surface area is 96.0 Å². The number of hydrogen-bond acceptors (Lipinski definition) is 3. The van der Waals surface area contributed by atoms with Crippen molar-refractivity contribution in [3.05, 3.63) is 17.5 Å². The van der Waals surface area contributed by atoms with Crippen LogP contribution in [0.15, 0.2) is 6.20 Å². The minimum Gasteiger partial charge on any atom is -0.349 e. The fraction of sp³-hybridized carbons (Fsp3) is 0.636. The van der Waals surface area contributed by atoms with Crippen molar-refractivity contribution in [2.75, 3.05) is 6.54 Å². The highest BCUT2D eigenvalue weighted by atomic mass is 16.1. The molecule has 0 bridgehead atoms. The largest absolute Gasteiger partial charge is 0.349 e. The van der Waals surface area contributed by atoms with Crippen LogP contribution in [0.5, 0.6) is 0 Å². The Kier molecular flexibility index (Phi) is 4.49. The zero-order valence-electron chi connectivity index (χ0n) is 10.2. The van der Waals surface area contributed by atoms with Gasteiger partial charge in [0.1, 0.15) is 0 Å². The van der Waals surface area contributed by atoms with E-state index in [9.17, 15) is 4.79 Å². The molecule has 90 valence electrons. The van der Waals surface area contributed by atoms with Crippen molar-refractivity contribution in [1.29, 1.82) is 0 Å². The predicted octanol–water partition coefficient (Wildman–Crippen LogP) is 0.645. The van der Waals surface area contributed by atoms with Crippen LogP contribution in [-0.2, 0) is 11.8 Å². The summed E-state index contributed by atoms with van der Waals surface area (Å²) in [5.41, 5.74) is 7.49. The first kappa shape index (κ1) is 12.7. The van der Waals surface area contributed by atoms with Crippen LogP contribution in [0, 0.1) is 6.92 Å². The average Bonchev–Trinajstić information content (AvgIpc) is 2.57. The number of aryl methyl sites for hydroxylation is 1. The molecule has 1 heterocycles. The van der Waals surface area contributed by atoms with E-state index in [1.54, 1.807) is 10.9 Å². The van der Waals surface area contributed by atoms with Gasteiger partial charge in [0.2, 0.25) is 5.91 Å². The summed E-state index contributed by atoms with van der Waals surface area (Å²) in [4.78, 5) is 11.5. The summed E-state index contributed by atoms with van der Waals surface area (Å²) < 4.78 is 1.80. The molecule has 5 heteroatoms. The number of aromatic nitrogens is 2. The molecule has 0 aliphatic carbocycles. The molecule has 1 rings (SSSR count). The summed E-state index contributed by atoms with van der Waals surface area (Å²) in [5.74, 6) is 0.0428. The zero-order chi connectivity index (χ0) is 12.1. The van der Waals surface area contributed by atoms with E-state index < -0.39 is 0 Å². The summed E-state index contributed by atoms with van der Waals surface area (Å²) in [6.07, 6.45) is 3.01. The summed E-state index contributed by atoms with van der Waals surface area (Å²) in [6, 6.07) is -0.000950. The van der Waals surface area contributed by atoms with E-state index in [1.807, 2.05) is 20.9 Å². The number of nitrogens with two attached hydrogens (primary N) is 1. The Balaban J connectivity index is 2.55.